The first kappa shape index (κ1) is 16.0. The van der Waals surface area contributed by atoms with Crippen LogP contribution in [0.4, 0.5) is 0 Å². The number of hydrogen-bond acceptors (Lipinski definition) is 3. The fourth-order valence-electron chi connectivity index (χ4n) is 2.96. The van der Waals surface area contributed by atoms with Crippen molar-refractivity contribution in [2.45, 2.75) is 78.2 Å². The molecular formula is C17H30N2S. The lowest BCUT2D eigenvalue weighted by Crippen LogP contribution is -2.26. The van der Waals surface area contributed by atoms with Crippen LogP contribution in [0.15, 0.2) is 0 Å². The third kappa shape index (κ3) is 4.05. The number of rotatable bonds is 4. The molecule has 0 radical (unpaired) electrons. The van der Waals surface area contributed by atoms with E-state index >= 15 is 0 Å². The molecule has 1 aliphatic carbocycles. The van der Waals surface area contributed by atoms with Crippen LogP contribution in [0.5, 0.6) is 0 Å². The van der Waals surface area contributed by atoms with Crippen LogP contribution in [0.25, 0.3) is 0 Å². The van der Waals surface area contributed by atoms with Crippen LogP contribution >= 0.6 is 11.3 Å². The number of aromatic nitrogens is 1. The first-order valence-corrected chi connectivity index (χ1v) is 8.90. The molecule has 2 rings (SSSR count). The molecule has 1 aromatic heterocycles. The molecule has 0 aromatic carbocycles. The number of aryl methyl sites for hydroxylation is 1. The Labute approximate surface area is 128 Å². The van der Waals surface area contributed by atoms with Crippen LogP contribution < -0.4 is 5.32 Å². The predicted octanol–water partition coefficient (Wildman–Crippen LogP) is 4.98. The van der Waals surface area contributed by atoms with Crippen molar-refractivity contribution in [3.8, 4) is 0 Å². The molecule has 1 heterocycles. The van der Waals surface area contributed by atoms with Crippen molar-refractivity contribution < 1.29 is 0 Å². The molecule has 0 amide bonds. The van der Waals surface area contributed by atoms with E-state index in [1.54, 1.807) is 0 Å². The van der Waals surface area contributed by atoms with Crippen LogP contribution in [0.3, 0.4) is 0 Å². The topological polar surface area (TPSA) is 24.9 Å². The Morgan fingerprint density at radius 2 is 1.90 bits per heavy atom. The van der Waals surface area contributed by atoms with Crippen molar-refractivity contribution in [1.82, 2.24) is 10.3 Å². The van der Waals surface area contributed by atoms with Crippen molar-refractivity contribution in [3.63, 3.8) is 0 Å². The largest absolute Gasteiger partial charge is 0.309 e. The Kier molecular flexibility index (Phi) is 5.25. The van der Waals surface area contributed by atoms with Gasteiger partial charge in [-0.2, -0.15) is 0 Å². The van der Waals surface area contributed by atoms with Gasteiger partial charge in [-0.15, -0.1) is 11.3 Å². The molecule has 0 bridgehead atoms. The van der Waals surface area contributed by atoms with Crippen molar-refractivity contribution in [2.75, 3.05) is 6.54 Å². The summed E-state index contributed by atoms with van der Waals surface area (Å²) in [7, 11) is 0. The highest BCUT2D eigenvalue weighted by Gasteiger charge is 2.23. The average Bonchev–Trinajstić information content (AvgIpc) is 2.79. The molecule has 1 atom stereocenters. The van der Waals surface area contributed by atoms with Gasteiger partial charge >= 0.3 is 0 Å². The zero-order valence-corrected chi connectivity index (χ0v) is 14.6. The van der Waals surface area contributed by atoms with E-state index in [0.29, 0.717) is 6.04 Å². The number of nitrogens with one attached hydrogen (secondary N) is 1. The summed E-state index contributed by atoms with van der Waals surface area (Å²) in [5.41, 5.74) is 1.38. The van der Waals surface area contributed by atoms with Crippen LogP contribution in [0.1, 0.15) is 81.4 Å². The smallest absolute Gasteiger partial charge is 0.0985 e. The third-order valence-electron chi connectivity index (χ3n) is 4.30. The standard InChI is InChI=1S/C17H30N2S/c1-12(18-11-14-9-7-6-8-10-14)15-13(2)19-16(20-15)17(3,4)5/h12,14,18H,6-11H2,1-5H3. The van der Waals surface area contributed by atoms with E-state index in [1.165, 1.54) is 54.2 Å². The minimum absolute atomic E-state index is 0.163. The molecule has 3 heteroatoms. The third-order valence-corrected chi connectivity index (χ3v) is 6.07. The molecule has 1 aliphatic rings. The summed E-state index contributed by atoms with van der Waals surface area (Å²) in [6.45, 7) is 12.3. The highest BCUT2D eigenvalue weighted by atomic mass is 32.1. The van der Waals surface area contributed by atoms with E-state index < -0.39 is 0 Å². The Morgan fingerprint density at radius 3 is 2.45 bits per heavy atom. The van der Waals surface area contributed by atoms with Crippen LogP contribution in [0, 0.1) is 12.8 Å². The second kappa shape index (κ2) is 6.57. The predicted molar refractivity (Wildman–Crippen MR) is 88.5 cm³/mol. The van der Waals surface area contributed by atoms with Crippen LogP contribution in [-0.2, 0) is 5.41 Å². The maximum Gasteiger partial charge on any atom is 0.0985 e. The number of nitrogens with zero attached hydrogens (tertiary/aromatic N) is 1. The van der Waals surface area contributed by atoms with E-state index in [-0.39, 0.29) is 5.41 Å². The Balaban J connectivity index is 1.94. The van der Waals surface area contributed by atoms with Gasteiger partial charge < -0.3 is 5.32 Å². The van der Waals surface area contributed by atoms with Gasteiger partial charge in [0.15, 0.2) is 0 Å². The Bertz CT molecular complexity index is 425. The van der Waals surface area contributed by atoms with Gasteiger partial charge in [0.2, 0.25) is 0 Å². The maximum atomic E-state index is 4.78. The van der Waals surface area contributed by atoms with Crippen molar-refractivity contribution in [3.05, 3.63) is 15.6 Å². The monoisotopic (exact) mass is 294 g/mol. The van der Waals surface area contributed by atoms with Gasteiger partial charge in [0, 0.05) is 16.3 Å². The summed E-state index contributed by atoms with van der Waals surface area (Å²) in [5, 5.41) is 5.01. The maximum absolute atomic E-state index is 4.78. The lowest BCUT2D eigenvalue weighted by Gasteiger charge is -2.24. The molecule has 0 saturated heterocycles. The van der Waals surface area contributed by atoms with Gasteiger partial charge in [0.25, 0.3) is 0 Å². The molecule has 1 N–H and O–H groups in total. The summed E-state index contributed by atoms with van der Waals surface area (Å²) in [4.78, 5) is 6.20. The Morgan fingerprint density at radius 1 is 1.25 bits per heavy atom. The van der Waals surface area contributed by atoms with Gasteiger partial charge in [-0.3, -0.25) is 0 Å². The van der Waals surface area contributed by atoms with E-state index in [2.05, 4.69) is 39.9 Å². The summed E-state index contributed by atoms with van der Waals surface area (Å²) in [6.07, 6.45) is 7.11. The lowest BCUT2D eigenvalue weighted by atomic mass is 9.89. The summed E-state index contributed by atoms with van der Waals surface area (Å²) >= 11 is 1.89. The average molecular weight is 295 g/mol. The molecule has 0 aliphatic heterocycles. The zero-order valence-electron chi connectivity index (χ0n) is 13.8. The SMILES string of the molecule is Cc1nc(C(C)(C)C)sc1C(C)NCC1CCCCC1. The molecule has 1 saturated carbocycles. The van der Waals surface area contributed by atoms with Crippen molar-refractivity contribution >= 4 is 11.3 Å². The van der Waals surface area contributed by atoms with Gasteiger partial charge in [-0.25, -0.2) is 4.98 Å². The molecule has 2 nitrogen and oxygen atoms in total. The van der Waals surface area contributed by atoms with Gasteiger partial charge in [-0.05, 0) is 39.2 Å². The quantitative estimate of drug-likeness (QED) is 0.847. The second-order valence-electron chi connectivity index (χ2n) is 7.35. The van der Waals surface area contributed by atoms with Crippen LogP contribution in [0.2, 0.25) is 0 Å². The lowest BCUT2D eigenvalue weighted by molar-refractivity contribution is 0.332. The number of thiazole rings is 1. The molecule has 20 heavy (non-hydrogen) atoms. The fraction of sp³-hybridized carbons (Fsp3) is 0.824. The number of hydrogen-bond donors (Lipinski definition) is 1. The highest BCUT2D eigenvalue weighted by molar-refractivity contribution is 7.12. The van der Waals surface area contributed by atoms with Crippen molar-refractivity contribution in [1.29, 1.82) is 0 Å². The second-order valence-corrected chi connectivity index (χ2v) is 8.38. The highest BCUT2D eigenvalue weighted by Crippen LogP contribution is 2.32. The van der Waals surface area contributed by atoms with Crippen LogP contribution in [-0.4, -0.2) is 11.5 Å². The van der Waals surface area contributed by atoms with E-state index in [9.17, 15) is 0 Å². The van der Waals surface area contributed by atoms with E-state index in [4.69, 9.17) is 4.98 Å². The minimum atomic E-state index is 0.163. The van der Waals surface area contributed by atoms with Crippen molar-refractivity contribution in [2.24, 2.45) is 5.92 Å². The van der Waals surface area contributed by atoms with Gasteiger partial charge in [0.05, 0.1) is 10.7 Å². The normalized spacial score (nSPS) is 19.2. The van der Waals surface area contributed by atoms with E-state index in [1.807, 2.05) is 11.3 Å². The molecule has 1 fully saturated rings. The Hall–Kier alpha value is -0.410. The van der Waals surface area contributed by atoms with Gasteiger partial charge in [0.1, 0.15) is 0 Å². The summed E-state index contributed by atoms with van der Waals surface area (Å²) in [6, 6.07) is 0.436. The molecule has 1 aromatic rings. The molecule has 1 unspecified atom stereocenters. The fourth-order valence-corrected chi connectivity index (χ4v) is 4.11. The first-order chi connectivity index (χ1) is 9.38. The van der Waals surface area contributed by atoms with Gasteiger partial charge in [-0.1, -0.05) is 40.0 Å². The molecular weight excluding hydrogens is 264 g/mol. The zero-order chi connectivity index (χ0) is 14.8. The summed E-state index contributed by atoms with van der Waals surface area (Å²) < 4.78 is 0. The summed E-state index contributed by atoms with van der Waals surface area (Å²) in [5.74, 6) is 0.890. The minimum Gasteiger partial charge on any atom is -0.309 e. The van der Waals surface area contributed by atoms with E-state index in [0.717, 1.165) is 5.92 Å². The molecule has 0 spiro atoms. The molecule has 114 valence electrons. The first-order valence-electron chi connectivity index (χ1n) is 8.09.